The summed E-state index contributed by atoms with van der Waals surface area (Å²) in [5.41, 5.74) is 2.83. The van der Waals surface area contributed by atoms with Gasteiger partial charge in [0.15, 0.2) is 0 Å². The summed E-state index contributed by atoms with van der Waals surface area (Å²) in [6.45, 7) is 3.10. The van der Waals surface area contributed by atoms with Crippen LogP contribution in [0.1, 0.15) is 36.5 Å². The fourth-order valence-electron chi connectivity index (χ4n) is 2.59. The van der Waals surface area contributed by atoms with E-state index in [0.717, 1.165) is 29.4 Å². The normalized spacial score (nSPS) is 11.3. The Morgan fingerprint density at radius 2 is 2.10 bits per heavy atom. The quantitative estimate of drug-likeness (QED) is 0.728. The number of aromatic nitrogens is 3. The topological polar surface area (TPSA) is 68.0 Å². The molecule has 0 unspecified atom stereocenters. The number of fused-ring (bicyclic) bond motifs is 3. The largest absolute Gasteiger partial charge is 0.478 e. The third-order valence-corrected chi connectivity index (χ3v) is 3.69. The number of carboxylic acids is 1. The summed E-state index contributed by atoms with van der Waals surface area (Å²) < 4.78 is 2.13. The number of hydrogen-bond donors (Lipinski definition) is 1. The maximum atomic E-state index is 11.1. The summed E-state index contributed by atoms with van der Waals surface area (Å²) in [5, 5.41) is 10.0. The average Bonchev–Trinajstić information content (AvgIpc) is 2.90. The molecule has 0 aliphatic heterocycles. The molecule has 0 amide bonds. The Balaban J connectivity index is 2.12. The zero-order valence-corrected chi connectivity index (χ0v) is 11.9. The van der Waals surface area contributed by atoms with Crippen LogP contribution >= 0.6 is 0 Å². The molecule has 0 spiro atoms. The lowest BCUT2D eigenvalue weighted by molar-refractivity contribution is 0.0697. The Morgan fingerprint density at radius 1 is 1.24 bits per heavy atom. The first kappa shape index (κ1) is 13.5. The van der Waals surface area contributed by atoms with Crippen LogP contribution in [-0.2, 0) is 6.54 Å². The number of carbonyl (C=O) groups is 1. The maximum Gasteiger partial charge on any atom is 0.335 e. The predicted octanol–water partition coefficient (Wildman–Crippen LogP) is 3.47. The highest BCUT2D eigenvalue weighted by Gasteiger charge is 2.10. The lowest BCUT2D eigenvalue weighted by Crippen LogP contribution is -1.99. The molecule has 0 atom stereocenters. The molecule has 1 N–H and O–H groups in total. The van der Waals surface area contributed by atoms with Crippen LogP contribution in [0, 0.1) is 0 Å². The van der Waals surface area contributed by atoms with Gasteiger partial charge in [-0.25, -0.2) is 9.78 Å². The molecule has 0 aliphatic carbocycles. The third-order valence-electron chi connectivity index (χ3n) is 3.69. The number of hydrogen-bond acceptors (Lipinski definition) is 3. The van der Waals surface area contributed by atoms with E-state index >= 15 is 0 Å². The van der Waals surface area contributed by atoms with E-state index in [1.807, 2.05) is 12.4 Å². The second-order valence-corrected chi connectivity index (χ2v) is 5.17. The molecule has 2 heterocycles. The van der Waals surface area contributed by atoms with Gasteiger partial charge in [0.2, 0.25) is 0 Å². The van der Waals surface area contributed by atoms with Crippen LogP contribution in [0.3, 0.4) is 0 Å². The molecule has 1 aromatic carbocycles. The molecule has 0 radical (unpaired) electrons. The molecule has 108 valence electrons. The highest BCUT2D eigenvalue weighted by atomic mass is 16.4. The van der Waals surface area contributed by atoms with Crippen molar-refractivity contribution in [3.05, 3.63) is 36.3 Å². The average molecular weight is 283 g/mol. The molecular weight excluding hydrogens is 266 g/mol. The van der Waals surface area contributed by atoms with Crippen LogP contribution in [-0.4, -0.2) is 25.6 Å². The fraction of sp³-hybridized carbons (Fsp3) is 0.312. The number of nitrogens with zero attached hydrogens (tertiary/aromatic N) is 3. The van der Waals surface area contributed by atoms with E-state index in [9.17, 15) is 4.79 Å². The van der Waals surface area contributed by atoms with Crippen molar-refractivity contribution in [2.75, 3.05) is 0 Å². The maximum absolute atomic E-state index is 11.1. The van der Waals surface area contributed by atoms with E-state index < -0.39 is 5.97 Å². The minimum absolute atomic E-state index is 0.256. The van der Waals surface area contributed by atoms with E-state index in [4.69, 9.17) is 5.11 Å². The molecule has 21 heavy (non-hydrogen) atoms. The minimum Gasteiger partial charge on any atom is -0.478 e. The number of aryl methyl sites for hydroxylation is 1. The van der Waals surface area contributed by atoms with E-state index in [1.54, 1.807) is 18.3 Å². The van der Waals surface area contributed by atoms with E-state index in [1.165, 1.54) is 12.8 Å². The molecule has 0 aliphatic rings. The van der Waals surface area contributed by atoms with Gasteiger partial charge in [0.25, 0.3) is 0 Å². The van der Waals surface area contributed by atoms with Crippen molar-refractivity contribution in [1.29, 1.82) is 0 Å². The number of carboxylic acid groups (broad SMARTS) is 1. The van der Waals surface area contributed by atoms with Crippen LogP contribution in [0.2, 0.25) is 0 Å². The van der Waals surface area contributed by atoms with Crippen LogP contribution in [0.5, 0.6) is 0 Å². The third kappa shape index (κ3) is 2.46. The second kappa shape index (κ2) is 5.52. The number of rotatable bonds is 5. The Morgan fingerprint density at radius 3 is 2.86 bits per heavy atom. The van der Waals surface area contributed by atoms with Gasteiger partial charge in [0.1, 0.15) is 5.52 Å². The highest BCUT2D eigenvalue weighted by molar-refractivity contribution is 6.04. The first-order valence-electron chi connectivity index (χ1n) is 7.17. The second-order valence-electron chi connectivity index (χ2n) is 5.17. The molecule has 5 heteroatoms. The van der Waals surface area contributed by atoms with Crippen LogP contribution < -0.4 is 0 Å². The first-order chi connectivity index (χ1) is 10.2. The summed E-state index contributed by atoms with van der Waals surface area (Å²) >= 11 is 0. The van der Waals surface area contributed by atoms with Crippen molar-refractivity contribution in [1.82, 2.24) is 14.5 Å². The van der Waals surface area contributed by atoms with Gasteiger partial charge in [-0.05, 0) is 24.6 Å². The SMILES string of the molecule is CCCCCn1cnc2cnc3cc(C(=O)O)ccc3c21. The number of pyridine rings is 1. The molecule has 0 fully saturated rings. The summed E-state index contributed by atoms with van der Waals surface area (Å²) in [4.78, 5) is 19.8. The van der Waals surface area contributed by atoms with Gasteiger partial charge in [0.05, 0.1) is 29.1 Å². The summed E-state index contributed by atoms with van der Waals surface area (Å²) in [5.74, 6) is -0.935. The number of unbranched alkanes of at least 4 members (excludes halogenated alkanes) is 2. The van der Waals surface area contributed by atoms with Crippen molar-refractivity contribution in [2.45, 2.75) is 32.7 Å². The highest BCUT2D eigenvalue weighted by Crippen LogP contribution is 2.24. The Hall–Kier alpha value is -2.43. The van der Waals surface area contributed by atoms with Crippen molar-refractivity contribution >= 4 is 27.9 Å². The predicted molar refractivity (Wildman–Crippen MR) is 81.5 cm³/mol. The molecule has 0 saturated carbocycles. The zero-order valence-electron chi connectivity index (χ0n) is 11.9. The van der Waals surface area contributed by atoms with Crippen LogP contribution in [0.15, 0.2) is 30.7 Å². The van der Waals surface area contributed by atoms with Crippen molar-refractivity contribution < 1.29 is 9.90 Å². The Bertz CT molecular complexity index is 808. The van der Waals surface area contributed by atoms with Gasteiger partial charge in [-0.15, -0.1) is 0 Å². The minimum atomic E-state index is -0.935. The van der Waals surface area contributed by atoms with Gasteiger partial charge < -0.3 is 9.67 Å². The van der Waals surface area contributed by atoms with Crippen molar-refractivity contribution in [3.8, 4) is 0 Å². The zero-order chi connectivity index (χ0) is 14.8. The summed E-state index contributed by atoms with van der Waals surface area (Å²) in [7, 11) is 0. The van der Waals surface area contributed by atoms with Gasteiger partial charge in [-0.2, -0.15) is 0 Å². The van der Waals surface area contributed by atoms with Gasteiger partial charge in [-0.1, -0.05) is 19.8 Å². The Kier molecular flexibility index (Phi) is 3.56. The number of aromatic carboxylic acids is 1. The molecule has 2 aromatic heterocycles. The van der Waals surface area contributed by atoms with Crippen LogP contribution in [0.25, 0.3) is 21.9 Å². The Labute approximate surface area is 122 Å². The van der Waals surface area contributed by atoms with Gasteiger partial charge in [0, 0.05) is 11.9 Å². The monoisotopic (exact) mass is 283 g/mol. The fourth-order valence-corrected chi connectivity index (χ4v) is 2.59. The molecule has 0 bridgehead atoms. The molecule has 5 nitrogen and oxygen atoms in total. The number of benzene rings is 1. The summed E-state index contributed by atoms with van der Waals surface area (Å²) in [6, 6.07) is 5.06. The standard InChI is InChI=1S/C16H17N3O2/c1-2-3-4-7-19-10-18-14-9-17-13-8-11(16(20)21)5-6-12(13)15(14)19/h5-6,8-10H,2-4,7H2,1H3,(H,20,21). The lowest BCUT2D eigenvalue weighted by Gasteiger charge is -2.06. The van der Waals surface area contributed by atoms with Crippen LogP contribution in [0.4, 0.5) is 0 Å². The van der Waals surface area contributed by atoms with E-state index in [0.29, 0.717) is 5.52 Å². The molecule has 0 saturated heterocycles. The number of imidazole rings is 1. The van der Waals surface area contributed by atoms with Crippen molar-refractivity contribution in [2.24, 2.45) is 0 Å². The summed E-state index contributed by atoms with van der Waals surface area (Å²) in [6.07, 6.45) is 7.02. The van der Waals surface area contributed by atoms with Gasteiger partial charge >= 0.3 is 5.97 Å². The lowest BCUT2D eigenvalue weighted by atomic mass is 10.1. The van der Waals surface area contributed by atoms with Gasteiger partial charge in [-0.3, -0.25) is 4.98 Å². The molecule has 3 aromatic rings. The smallest absolute Gasteiger partial charge is 0.335 e. The van der Waals surface area contributed by atoms with Crippen molar-refractivity contribution in [3.63, 3.8) is 0 Å². The van der Waals surface area contributed by atoms with E-state index in [2.05, 4.69) is 21.5 Å². The molecule has 3 rings (SSSR count). The first-order valence-corrected chi connectivity index (χ1v) is 7.17. The van der Waals surface area contributed by atoms with E-state index in [-0.39, 0.29) is 5.56 Å². The molecular formula is C16H17N3O2.